The fourth-order valence-corrected chi connectivity index (χ4v) is 2.38. The molecule has 1 aliphatic rings. The van der Waals surface area contributed by atoms with Crippen LogP contribution < -0.4 is 10.6 Å². The van der Waals surface area contributed by atoms with E-state index in [1.807, 2.05) is 18.2 Å². The first-order chi connectivity index (χ1) is 12.1. The predicted octanol–water partition coefficient (Wildman–Crippen LogP) is 3.07. The number of carbonyl (C=O) groups is 3. The number of rotatable bonds is 4. The molecule has 7 nitrogen and oxygen atoms in total. The zero-order valence-corrected chi connectivity index (χ0v) is 15.4. The van der Waals surface area contributed by atoms with Gasteiger partial charge in [0.05, 0.1) is 12.3 Å². The van der Waals surface area contributed by atoms with E-state index in [4.69, 9.17) is 9.47 Å². The molecule has 0 saturated heterocycles. The van der Waals surface area contributed by atoms with Crippen LogP contribution in [0, 0.1) is 5.92 Å². The number of nitrogens with one attached hydrogen (secondary N) is 2. The Bertz CT molecular complexity index is 721. The van der Waals surface area contributed by atoms with Gasteiger partial charge in [0.25, 0.3) is 0 Å². The van der Waals surface area contributed by atoms with Crippen LogP contribution in [0.25, 0.3) is 6.08 Å². The van der Waals surface area contributed by atoms with E-state index in [2.05, 4.69) is 10.6 Å². The lowest BCUT2D eigenvalue weighted by atomic mass is 10.0. The number of alkyl carbamates (subject to hydrolysis) is 1. The van der Waals surface area contributed by atoms with Crippen LogP contribution in [-0.4, -0.2) is 29.8 Å². The SMILES string of the molecule is CC(NC(=O)OC(C)(C)C)OC(=O)CC1C=Cc2ccccc2NC1=O. The summed E-state index contributed by atoms with van der Waals surface area (Å²) in [6.45, 7) is 6.72. The van der Waals surface area contributed by atoms with Gasteiger partial charge in [-0.25, -0.2) is 4.79 Å². The van der Waals surface area contributed by atoms with Gasteiger partial charge in [0.1, 0.15) is 5.60 Å². The minimum absolute atomic E-state index is 0.128. The van der Waals surface area contributed by atoms with Crippen molar-refractivity contribution in [2.75, 3.05) is 5.32 Å². The van der Waals surface area contributed by atoms with Gasteiger partial charge in [0.15, 0.2) is 6.23 Å². The van der Waals surface area contributed by atoms with Crippen molar-refractivity contribution in [2.24, 2.45) is 5.92 Å². The monoisotopic (exact) mass is 360 g/mol. The summed E-state index contributed by atoms with van der Waals surface area (Å²) in [5, 5.41) is 5.21. The summed E-state index contributed by atoms with van der Waals surface area (Å²) in [5.41, 5.74) is 0.924. The minimum Gasteiger partial charge on any atom is -0.444 e. The van der Waals surface area contributed by atoms with Gasteiger partial charge in [-0.05, 0) is 39.3 Å². The summed E-state index contributed by atoms with van der Waals surface area (Å²) in [5.74, 6) is -1.52. The molecule has 2 N–H and O–H groups in total. The molecule has 2 rings (SSSR count). The maximum Gasteiger partial charge on any atom is 0.410 e. The number of benzene rings is 1. The number of hydrogen-bond donors (Lipinski definition) is 2. The molecule has 1 heterocycles. The molecule has 26 heavy (non-hydrogen) atoms. The molecule has 1 aromatic rings. The van der Waals surface area contributed by atoms with Crippen molar-refractivity contribution >= 4 is 29.7 Å². The Balaban J connectivity index is 1.88. The molecular weight excluding hydrogens is 336 g/mol. The fourth-order valence-electron chi connectivity index (χ4n) is 2.38. The number of anilines is 1. The molecule has 0 fully saturated rings. The molecular formula is C19H24N2O5. The normalized spacial score (nSPS) is 17.4. The van der Waals surface area contributed by atoms with Crippen LogP contribution in [-0.2, 0) is 19.1 Å². The van der Waals surface area contributed by atoms with Crippen molar-refractivity contribution in [1.29, 1.82) is 0 Å². The van der Waals surface area contributed by atoms with E-state index in [1.165, 1.54) is 6.92 Å². The minimum atomic E-state index is -0.868. The van der Waals surface area contributed by atoms with Crippen molar-refractivity contribution in [3.05, 3.63) is 35.9 Å². The number of carbonyl (C=O) groups excluding carboxylic acids is 3. The highest BCUT2D eigenvalue weighted by Crippen LogP contribution is 2.23. The fraction of sp³-hybridized carbons (Fsp3) is 0.421. The Labute approximate surface area is 152 Å². The van der Waals surface area contributed by atoms with Crippen molar-refractivity contribution in [1.82, 2.24) is 5.32 Å². The molecule has 0 saturated carbocycles. The van der Waals surface area contributed by atoms with Gasteiger partial charge in [-0.3, -0.25) is 14.9 Å². The summed E-state index contributed by atoms with van der Waals surface area (Å²) >= 11 is 0. The number of ether oxygens (including phenoxy) is 2. The third-order valence-corrected chi connectivity index (χ3v) is 3.48. The number of fused-ring (bicyclic) bond motifs is 1. The molecule has 1 aliphatic heterocycles. The first-order valence-corrected chi connectivity index (χ1v) is 8.41. The highest BCUT2D eigenvalue weighted by Gasteiger charge is 2.25. The van der Waals surface area contributed by atoms with Crippen molar-refractivity contribution in [3.8, 4) is 0 Å². The number of amides is 2. The van der Waals surface area contributed by atoms with E-state index in [0.717, 1.165) is 5.56 Å². The number of hydrogen-bond acceptors (Lipinski definition) is 5. The zero-order chi connectivity index (χ0) is 19.3. The number of para-hydroxylation sites is 1. The highest BCUT2D eigenvalue weighted by atomic mass is 16.6. The molecule has 0 spiro atoms. The topological polar surface area (TPSA) is 93.7 Å². The van der Waals surface area contributed by atoms with Gasteiger partial charge in [-0.2, -0.15) is 0 Å². The summed E-state index contributed by atoms with van der Waals surface area (Å²) in [7, 11) is 0. The van der Waals surface area contributed by atoms with Gasteiger partial charge in [0, 0.05) is 5.69 Å². The molecule has 2 atom stereocenters. The van der Waals surface area contributed by atoms with Crippen molar-refractivity contribution < 1.29 is 23.9 Å². The lowest BCUT2D eigenvalue weighted by molar-refractivity contribution is -0.151. The average molecular weight is 360 g/mol. The Morgan fingerprint density at radius 2 is 1.96 bits per heavy atom. The van der Waals surface area contributed by atoms with Gasteiger partial charge in [-0.1, -0.05) is 30.4 Å². The third kappa shape index (κ3) is 5.91. The largest absolute Gasteiger partial charge is 0.444 e. The molecule has 2 amide bonds. The van der Waals surface area contributed by atoms with E-state index in [9.17, 15) is 14.4 Å². The molecule has 0 bridgehead atoms. The standard InChI is InChI=1S/C19H24N2O5/c1-12(20-18(24)26-19(2,3)4)25-16(22)11-14-10-9-13-7-5-6-8-15(13)21-17(14)23/h5-10,12,14H,11H2,1-4H3,(H,20,24)(H,21,23). The first-order valence-electron chi connectivity index (χ1n) is 8.41. The maximum atomic E-state index is 12.3. The van der Waals surface area contributed by atoms with Crippen LogP contribution in [0.2, 0.25) is 0 Å². The molecule has 0 aromatic heterocycles. The summed E-state index contributed by atoms with van der Waals surface area (Å²) in [6.07, 6.45) is 1.80. The van der Waals surface area contributed by atoms with Crippen LogP contribution in [0.15, 0.2) is 30.3 Å². The zero-order valence-electron chi connectivity index (χ0n) is 15.4. The highest BCUT2D eigenvalue weighted by molar-refractivity contribution is 5.99. The Morgan fingerprint density at radius 1 is 1.27 bits per heavy atom. The molecule has 1 aromatic carbocycles. The summed E-state index contributed by atoms with van der Waals surface area (Å²) in [6, 6.07) is 7.37. The Hall–Kier alpha value is -2.83. The molecule has 0 radical (unpaired) electrons. The third-order valence-electron chi connectivity index (χ3n) is 3.48. The van der Waals surface area contributed by atoms with E-state index >= 15 is 0 Å². The second-order valence-electron chi connectivity index (χ2n) is 7.02. The van der Waals surface area contributed by atoms with E-state index < -0.39 is 29.8 Å². The summed E-state index contributed by atoms with van der Waals surface area (Å²) < 4.78 is 10.2. The molecule has 0 aliphatic carbocycles. The van der Waals surface area contributed by atoms with Crippen LogP contribution in [0.4, 0.5) is 10.5 Å². The van der Waals surface area contributed by atoms with Crippen LogP contribution in [0.5, 0.6) is 0 Å². The lowest BCUT2D eigenvalue weighted by Gasteiger charge is -2.22. The van der Waals surface area contributed by atoms with Crippen molar-refractivity contribution in [3.63, 3.8) is 0 Å². The van der Waals surface area contributed by atoms with E-state index in [1.54, 1.807) is 39.0 Å². The van der Waals surface area contributed by atoms with Gasteiger partial charge in [0.2, 0.25) is 5.91 Å². The molecule has 2 unspecified atom stereocenters. The van der Waals surface area contributed by atoms with Crippen molar-refractivity contribution in [2.45, 2.75) is 45.9 Å². The van der Waals surface area contributed by atoms with Gasteiger partial charge < -0.3 is 14.8 Å². The van der Waals surface area contributed by atoms with Crippen LogP contribution in [0.1, 0.15) is 39.7 Å². The quantitative estimate of drug-likeness (QED) is 0.636. The average Bonchev–Trinajstić information content (AvgIpc) is 2.64. The van der Waals surface area contributed by atoms with E-state index in [0.29, 0.717) is 5.69 Å². The predicted molar refractivity (Wildman–Crippen MR) is 97.1 cm³/mol. The van der Waals surface area contributed by atoms with Gasteiger partial charge >= 0.3 is 12.1 Å². The van der Waals surface area contributed by atoms with E-state index in [-0.39, 0.29) is 12.3 Å². The molecule has 7 heteroatoms. The van der Waals surface area contributed by atoms with Crippen LogP contribution >= 0.6 is 0 Å². The second-order valence-corrected chi connectivity index (χ2v) is 7.02. The van der Waals surface area contributed by atoms with Gasteiger partial charge in [-0.15, -0.1) is 0 Å². The lowest BCUT2D eigenvalue weighted by Crippen LogP contribution is -2.40. The van der Waals surface area contributed by atoms with Crippen LogP contribution in [0.3, 0.4) is 0 Å². The second kappa shape index (κ2) is 8.03. The smallest absolute Gasteiger partial charge is 0.410 e. The summed E-state index contributed by atoms with van der Waals surface area (Å²) in [4.78, 5) is 36.0. The number of esters is 1. The Kier molecular flexibility index (Phi) is 6.02. The first kappa shape index (κ1) is 19.5. The Morgan fingerprint density at radius 3 is 2.65 bits per heavy atom. The molecule has 140 valence electrons. The maximum absolute atomic E-state index is 12.3.